The lowest BCUT2D eigenvalue weighted by Crippen LogP contribution is -2.49. The highest BCUT2D eigenvalue weighted by Crippen LogP contribution is 2.40. The van der Waals surface area contributed by atoms with E-state index in [0.717, 1.165) is 17.5 Å². The largest absolute Gasteiger partial charge is 0.502 e. The van der Waals surface area contributed by atoms with E-state index in [-0.39, 0.29) is 23.7 Å². The fraction of sp³-hybridized carbons (Fsp3) is 0.364. The van der Waals surface area contributed by atoms with Crippen LogP contribution in [0.3, 0.4) is 0 Å². The Kier molecular flexibility index (Phi) is 5.96. The quantitative estimate of drug-likeness (QED) is 0.789. The van der Waals surface area contributed by atoms with Crippen molar-refractivity contribution < 1.29 is 9.90 Å². The summed E-state index contributed by atoms with van der Waals surface area (Å²) < 4.78 is 1.49. The molecule has 1 amide bonds. The summed E-state index contributed by atoms with van der Waals surface area (Å²) in [5.74, 6) is -1.18. The summed E-state index contributed by atoms with van der Waals surface area (Å²) in [6.07, 6.45) is 4.73. The third-order valence-corrected chi connectivity index (χ3v) is 5.21. The molecular weight excluding hydrogens is 368 g/mol. The number of aromatic hydroxyl groups is 1. The van der Waals surface area contributed by atoms with Crippen molar-refractivity contribution in [2.75, 3.05) is 6.54 Å². The average molecular weight is 394 g/mol. The Morgan fingerprint density at radius 1 is 1.24 bits per heavy atom. The lowest BCUT2D eigenvalue weighted by molar-refractivity contribution is 0.0569. The van der Waals surface area contributed by atoms with E-state index in [2.05, 4.69) is 10.1 Å². The van der Waals surface area contributed by atoms with Gasteiger partial charge in [0.1, 0.15) is 0 Å². The monoisotopic (exact) mass is 394 g/mol. The first-order valence-electron chi connectivity index (χ1n) is 9.72. The molecule has 0 fully saturated rings. The fourth-order valence-corrected chi connectivity index (χ4v) is 3.83. The van der Waals surface area contributed by atoms with Crippen LogP contribution in [0.2, 0.25) is 0 Å². The maximum Gasteiger partial charge on any atom is 0.276 e. The van der Waals surface area contributed by atoms with Gasteiger partial charge >= 0.3 is 0 Å². The molecule has 0 unspecified atom stereocenters. The summed E-state index contributed by atoms with van der Waals surface area (Å²) in [7, 11) is 0. The van der Waals surface area contributed by atoms with Gasteiger partial charge in [-0.05, 0) is 33.3 Å². The Labute approximate surface area is 170 Å². The second kappa shape index (κ2) is 8.43. The van der Waals surface area contributed by atoms with Gasteiger partial charge in [-0.1, -0.05) is 36.4 Å². The van der Waals surface area contributed by atoms with Gasteiger partial charge in [0.2, 0.25) is 5.43 Å². The Morgan fingerprint density at radius 3 is 2.52 bits per heavy atom. The number of carbonyl (C=O) groups excluding carboxylic acids is 1. The molecule has 1 aliphatic heterocycles. The van der Waals surface area contributed by atoms with Gasteiger partial charge in [0.15, 0.2) is 11.4 Å². The maximum atomic E-state index is 13.0. The van der Waals surface area contributed by atoms with E-state index in [1.807, 2.05) is 64.1 Å². The number of fused-ring (bicyclic) bond motifs is 1. The number of hydrogen-bond donors (Lipinski definition) is 1. The number of hydrogen-bond acceptors (Lipinski definition) is 5. The van der Waals surface area contributed by atoms with E-state index in [0.29, 0.717) is 6.54 Å². The van der Waals surface area contributed by atoms with Crippen molar-refractivity contribution in [1.82, 2.24) is 14.7 Å². The van der Waals surface area contributed by atoms with Crippen LogP contribution >= 0.6 is 0 Å². The summed E-state index contributed by atoms with van der Waals surface area (Å²) in [5.41, 5.74) is 1.11. The normalized spacial score (nSPS) is 18.4. The molecule has 2 atom stereocenters. The minimum Gasteiger partial charge on any atom is -0.502 e. The molecule has 1 aromatic heterocycles. The van der Waals surface area contributed by atoms with Crippen LogP contribution < -0.4 is 5.43 Å². The molecule has 2 aromatic rings. The highest BCUT2D eigenvalue weighted by atomic mass is 16.3. The van der Waals surface area contributed by atoms with E-state index in [1.165, 1.54) is 4.68 Å². The van der Waals surface area contributed by atoms with Crippen LogP contribution in [0.25, 0.3) is 0 Å². The molecule has 29 heavy (non-hydrogen) atoms. The van der Waals surface area contributed by atoms with Gasteiger partial charge in [0, 0.05) is 24.5 Å². The van der Waals surface area contributed by atoms with Crippen LogP contribution in [0.1, 0.15) is 55.7 Å². The highest BCUT2D eigenvalue weighted by Gasteiger charge is 2.40. The smallest absolute Gasteiger partial charge is 0.276 e. The van der Waals surface area contributed by atoms with E-state index in [9.17, 15) is 14.7 Å². The Hall–Kier alpha value is -3.22. The molecule has 7 heteroatoms. The van der Waals surface area contributed by atoms with E-state index in [4.69, 9.17) is 0 Å². The second-order valence-corrected chi connectivity index (χ2v) is 7.26. The molecule has 152 valence electrons. The van der Waals surface area contributed by atoms with Gasteiger partial charge in [-0.25, -0.2) is 0 Å². The van der Waals surface area contributed by atoms with Gasteiger partial charge in [0.25, 0.3) is 5.91 Å². The van der Waals surface area contributed by atoms with Crippen LogP contribution in [0.5, 0.6) is 5.75 Å². The number of carbonyl (C=O) groups is 1. The highest BCUT2D eigenvalue weighted by molar-refractivity contribution is 5.96. The Morgan fingerprint density at radius 2 is 1.93 bits per heavy atom. The predicted molar refractivity (Wildman–Crippen MR) is 112 cm³/mol. The van der Waals surface area contributed by atoms with Gasteiger partial charge in [-0.3, -0.25) is 19.3 Å². The van der Waals surface area contributed by atoms with Gasteiger partial charge in [-0.2, -0.15) is 5.10 Å². The lowest BCUT2D eigenvalue weighted by Gasteiger charge is -2.40. The first-order valence-corrected chi connectivity index (χ1v) is 9.72. The number of benzene rings is 1. The second-order valence-electron chi connectivity index (χ2n) is 7.26. The number of allylic oxidation sites excluding steroid dienone is 2. The van der Waals surface area contributed by atoms with E-state index < -0.39 is 17.1 Å². The van der Waals surface area contributed by atoms with Crippen molar-refractivity contribution in [3.8, 4) is 5.75 Å². The van der Waals surface area contributed by atoms with Crippen LogP contribution in [0.15, 0.2) is 58.1 Å². The minimum atomic E-state index is -0.664. The number of nitrogens with zero attached hydrogens (tertiary/aromatic N) is 4. The van der Waals surface area contributed by atoms with Crippen molar-refractivity contribution >= 4 is 12.1 Å². The number of aromatic nitrogens is 2. The fourth-order valence-electron chi connectivity index (χ4n) is 3.83. The van der Waals surface area contributed by atoms with Crippen molar-refractivity contribution in [1.29, 1.82) is 0 Å². The van der Waals surface area contributed by atoms with Crippen LogP contribution in [0.4, 0.5) is 0 Å². The number of amides is 1. The molecule has 0 saturated heterocycles. The van der Waals surface area contributed by atoms with Crippen LogP contribution in [-0.4, -0.2) is 44.5 Å². The average Bonchev–Trinajstić information content (AvgIpc) is 2.71. The zero-order chi connectivity index (χ0) is 21.1. The van der Waals surface area contributed by atoms with Crippen molar-refractivity contribution in [3.05, 3.63) is 69.8 Å². The molecular formula is C22H26N4O3. The minimum absolute atomic E-state index is 0.0701. The zero-order valence-corrected chi connectivity index (χ0v) is 17.1. The first-order chi connectivity index (χ1) is 13.9. The Balaban J connectivity index is 2.28. The number of rotatable bonds is 5. The SMILES string of the molecule is CC=N/C(=C\C)[C@H](c1ccccc1)[C@@H]1CN(C(C)C)C(=O)c2c(O)c(=O)cnn21. The van der Waals surface area contributed by atoms with Crippen molar-refractivity contribution in [2.24, 2.45) is 4.99 Å². The number of aliphatic imine (C=N–C) groups is 1. The zero-order valence-electron chi connectivity index (χ0n) is 17.1. The Bertz CT molecular complexity index is 1010. The summed E-state index contributed by atoms with van der Waals surface area (Å²) in [5, 5.41) is 14.7. The summed E-state index contributed by atoms with van der Waals surface area (Å²) in [4.78, 5) is 31.3. The van der Waals surface area contributed by atoms with E-state index in [1.54, 1.807) is 11.1 Å². The molecule has 0 spiro atoms. The van der Waals surface area contributed by atoms with Crippen molar-refractivity contribution in [3.63, 3.8) is 0 Å². The van der Waals surface area contributed by atoms with Crippen LogP contribution in [-0.2, 0) is 0 Å². The first kappa shape index (κ1) is 20.5. The standard InChI is InChI=1S/C22H26N4O3/c1-5-16(23-6-2)19(15-10-8-7-9-11-15)17-13-25(14(3)4)22(29)20-21(28)18(27)12-24-26(17)20/h5-12,14,17,19,28H,13H2,1-4H3/b16-5-,23-6?/t17-,19-/m0/s1. The van der Waals surface area contributed by atoms with E-state index >= 15 is 0 Å². The molecule has 0 radical (unpaired) electrons. The summed E-state index contributed by atoms with van der Waals surface area (Å²) in [6.45, 7) is 7.98. The molecule has 1 N–H and O–H groups in total. The van der Waals surface area contributed by atoms with Gasteiger partial charge in [0.05, 0.1) is 18.2 Å². The molecule has 0 bridgehead atoms. The van der Waals surface area contributed by atoms with Gasteiger partial charge in [-0.15, -0.1) is 0 Å². The summed E-state index contributed by atoms with van der Waals surface area (Å²) in [6, 6.07) is 9.43. The molecule has 7 nitrogen and oxygen atoms in total. The third-order valence-electron chi connectivity index (χ3n) is 5.21. The van der Waals surface area contributed by atoms with Crippen molar-refractivity contribution in [2.45, 2.75) is 45.7 Å². The molecule has 1 aliphatic rings. The maximum absolute atomic E-state index is 13.0. The molecule has 3 rings (SSSR count). The molecule has 1 aromatic carbocycles. The molecule has 0 saturated carbocycles. The lowest BCUT2D eigenvalue weighted by atomic mass is 9.86. The topological polar surface area (TPSA) is 87.8 Å². The predicted octanol–water partition coefficient (Wildman–Crippen LogP) is 3.13. The summed E-state index contributed by atoms with van der Waals surface area (Å²) >= 11 is 0. The van der Waals surface area contributed by atoms with Crippen LogP contribution in [0, 0.1) is 0 Å². The molecule has 2 heterocycles. The van der Waals surface area contributed by atoms with Gasteiger partial charge < -0.3 is 10.0 Å². The third kappa shape index (κ3) is 3.72. The molecule has 0 aliphatic carbocycles.